The third-order valence-corrected chi connectivity index (χ3v) is 5.89. The van der Waals surface area contributed by atoms with Crippen LogP contribution >= 0.6 is 0 Å². The van der Waals surface area contributed by atoms with Gasteiger partial charge in [-0.15, -0.1) is 0 Å². The van der Waals surface area contributed by atoms with E-state index in [1.54, 1.807) is 49.4 Å². The monoisotopic (exact) mass is 476 g/mol. The summed E-state index contributed by atoms with van der Waals surface area (Å²) < 4.78 is 12.5. The molecule has 2 N–H and O–H groups in total. The van der Waals surface area contributed by atoms with Crippen LogP contribution in [0, 0.1) is 0 Å². The van der Waals surface area contributed by atoms with Crippen molar-refractivity contribution in [2.75, 3.05) is 26.0 Å². The van der Waals surface area contributed by atoms with Crippen LogP contribution in [0.3, 0.4) is 0 Å². The van der Waals surface area contributed by atoms with Crippen LogP contribution < -0.4 is 10.1 Å². The molecule has 1 saturated heterocycles. The van der Waals surface area contributed by atoms with Gasteiger partial charge < -0.3 is 24.6 Å². The molecule has 0 aromatic carbocycles. The van der Waals surface area contributed by atoms with Gasteiger partial charge in [-0.1, -0.05) is 11.2 Å². The molecule has 0 saturated carbocycles. The van der Waals surface area contributed by atoms with E-state index in [4.69, 9.17) is 9.26 Å². The summed E-state index contributed by atoms with van der Waals surface area (Å²) in [6, 6.07) is 8.69. The molecule has 5 rings (SSSR count). The standard InChI is InChI=1S/C23H24N8O4/c1-4-31-20(34-3)18(13-25-31)28-22-24-10-8-16(27-22)14-6-5-7-15(26-14)17-12-19(35-29-17)23(33)9-11-30(2)21(23)32/h5-8,10,12-13,33H,4,9,11H2,1-3H3,(H,24,27,28). The Labute approximate surface area is 200 Å². The van der Waals surface area contributed by atoms with Crippen LogP contribution in [-0.4, -0.2) is 66.5 Å². The van der Waals surface area contributed by atoms with Gasteiger partial charge in [0.15, 0.2) is 5.76 Å². The molecule has 1 aliphatic heterocycles. The van der Waals surface area contributed by atoms with Gasteiger partial charge in [-0.3, -0.25) is 4.79 Å². The van der Waals surface area contributed by atoms with Crippen molar-refractivity contribution in [3.8, 4) is 28.7 Å². The van der Waals surface area contributed by atoms with Gasteiger partial charge in [0.25, 0.3) is 5.91 Å². The maximum Gasteiger partial charge on any atom is 0.262 e. The number of methoxy groups -OCH3 is 1. The maximum absolute atomic E-state index is 12.4. The number of likely N-dealkylation sites (N-methyl/N-ethyl adjacent to an activating group) is 1. The summed E-state index contributed by atoms with van der Waals surface area (Å²) in [5.41, 5.74) is 1.02. The zero-order valence-electron chi connectivity index (χ0n) is 19.5. The summed E-state index contributed by atoms with van der Waals surface area (Å²) >= 11 is 0. The van der Waals surface area contributed by atoms with Crippen LogP contribution in [0.2, 0.25) is 0 Å². The van der Waals surface area contributed by atoms with E-state index in [0.717, 1.165) is 0 Å². The fraction of sp³-hybridized carbons (Fsp3) is 0.304. The van der Waals surface area contributed by atoms with Crippen LogP contribution in [0.15, 0.2) is 47.2 Å². The number of nitrogens with one attached hydrogen (secondary N) is 1. The van der Waals surface area contributed by atoms with Crippen LogP contribution in [0.5, 0.6) is 5.88 Å². The van der Waals surface area contributed by atoms with Crippen molar-refractivity contribution in [1.82, 2.24) is 34.8 Å². The maximum atomic E-state index is 12.4. The first kappa shape index (κ1) is 22.5. The number of carbonyl (C=O) groups is 1. The number of ether oxygens (including phenoxy) is 1. The fourth-order valence-electron chi connectivity index (χ4n) is 3.98. The number of nitrogens with zero attached hydrogens (tertiary/aromatic N) is 7. The Kier molecular flexibility index (Phi) is 5.65. The number of hydrogen-bond acceptors (Lipinski definition) is 10. The van der Waals surface area contributed by atoms with E-state index in [1.807, 2.05) is 19.1 Å². The van der Waals surface area contributed by atoms with Crippen molar-refractivity contribution in [1.29, 1.82) is 0 Å². The lowest BCUT2D eigenvalue weighted by Crippen LogP contribution is -2.35. The molecule has 0 radical (unpaired) electrons. The second-order valence-corrected chi connectivity index (χ2v) is 8.10. The minimum atomic E-state index is -1.71. The molecule has 5 heterocycles. The van der Waals surface area contributed by atoms with Gasteiger partial charge in [0.1, 0.15) is 11.4 Å². The predicted octanol–water partition coefficient (Wildman–Crippen LogP) is 2.21. The number of aliphatic hydroxyl groups is 1. The van der Waals surface area contributed by atoms with Crippen molar-refractivity contribution in [2.45, 2.75) is 25.5 Å². The zero-order chi connectivity index (χ0) is 24.6. The summed E-state index contributed by atoms with van der Waals surface area (Å²) in [6.07, 6.45) is 3.52. The number of rotatable bonds is 7. The van der Waals surface area contributed by atoms with E-state index >= 15 is 0 Å². The highest BCUT2D eigenvalue weighted by Gasteiger charge is 2.48. The van der Waals surface area contributed by atoms with E-state index < -0.39 is 11.5 Å². The topological polar surface area (TPSA) is 144 Å². The van der Waals surface area contributed by atoms with Gasteiger partial charge in [0.2, 0.25) is 17.4 Å². The number of anilines is 2. The molecular formula is C23H24N8O4. The van der Waals surface area contributed by atoms with Crippen molar-refractivity contribution >= 4 is 17.5 Å². The predicted molar refractivity (Wildman–Crippen MR) is 125 cm³/mol. The largest absolute Gasteiger partial charge is 0.480 e. The molecule has 1 fully saturated rings. The smallest absolute Gasteiger partial charge is 0.262 e. The van der Waals surface area contributed by atoms with Crippen LogP contribution in [-0.2, 0) is 16.9 Å². The molecule has 4 aromatic rings. The highest BCUT2D eigenvalue weighted by atomic mass is 16.5. The normalized spacial score (nSPS) is 17.7. The first-order chi connectivity index (χ1) is 16.9. The van der Waals surface area contributed by atoms with Crippen molar-refractivity contribution in [2.24, 2.45) is 0 Å². The van der Waals surface area contributed by atoms with Crippen LogP contribution in [0.1, 0.15) is 19.1 Å². The van der Waals surface area contributed by atoms with E-state index in [0.29, 0.717) is 53.4 Å². The van der Waals surface area contributed by atoms with Crippen molar-refractivity contribution in [3.63, 3.8) is 0 Å². The molecule has 1 amide bonds. The Morgan fingerprint density at radius 1 is 1.20 bits per heavy atom. The Bertz CT molecular complexity index is 1380. The van der Waals surface area contributed by atoms with E-state index in [-0.39, 0.29) is 12.2 Å². The molecule has 0 aliphatic carbocycles. The van der Waals surface area contributed by atoms with Crippen molar-refractivity contribution in [3.05, 3.63) is 48.5 Å². The summed E-state index contributed by atoms with van der Waals surface area (Å²) in [6.45, 7) is 3.07. The number of hydrogen-bond donors (Lipinski definition) is 2. The molecule has 0 spiro atoms. The molecule has 180 valence electrons. The molecule has 1 atom stereocenters. The molecule has 0 bridgehead atoms. The zero-order valence-corrected chi connectivity index (χ0v) is 19.5. The number of aromatic nitrogens is 6. The quantitative estimate of drug-likeness (QED) is 0.407. The third kappa shape index (κ3) is 3.97. The second kappa shape index (κ2) is 8.80. The summed E-state index contributed by atoms with van der Waals surface area (Å²) in [7, 11) is 3.22. The van der Waals surface area contributed by atoms with E-state index in [2.05, 4.69) is 30.5 Å². The molecule has 1 unspecified atom stereocenters. The SMILES string of the molecule is CCn1ncc(Nc2nccc(-c3cccc(-c4cc(C5(O)CCN(C)C5=O)on4)n3)n2)c1OC. The fourth-order valence-corrected chi connectivity index (χ4v) is 3.98. The Balaban J connectivity index is 1.41. The average molecular weight is 476 g/mol. The molecule has 1 aliphatic rings. The molecule has 12 nitrogen and oxygen atoms in total. The third-order valence-electron chi connectivity index (χ3n) is 5.89. The Morgan fingerprint density at radius 3 is 2.69 bits per heavy atom. The average Bonchev–Trinajstić information content (AvgIpc) is 3.60. The van der Waals surface area contributed by atoms with Gasteiger partial charge in [0, 0.05) is 38.8 Å². The lowest BCUT2D eigenvalue weighted by atomic mass is 9.98. The Morgan fingerprint density at radius 2 is 1.97 bits per heavy atom. The number of carbonyl (C=O) groups excluding carboxylic acids is 1. The summed E-state index contributed by atoms with van der Waals surface area (Å²) in [5, 5.41) is 22.3. The minimum Gasteiger partial charge on any atom is -0.480 e. The first-order valence-corrected chi connectivity index (χ1v) is 11.1. The number of likely N-dealkylation sites (tertiary alicyclic amines) is 1. The van der Waals surface area contributed by atoms with Gasteiger partial charge in [0.05, 0.1) is 30.4 Å². The van der Waals surface area contributed by atoms with Gasteiger partial charge in [-0.25, -0.2) is 19.6 Å². The van der Waals surface area contributed by atoms with Crippen LogP contribution in [0.25, 0.3) is 22.8 Å². The lowest BCUT2D eigenvalue weighted by molar-refractivity contribution is -0.144. The highest BCUT2D eigenvalue weighted by Crippen LogP contribution is 2.34. The van der Waals surface area contributed by atoms with E-state index in [9.17, 15) is 9.90 Å². The van der Waals surface area contributed by atoms with Crippen LogP contribution in [0.4, 0.5) is 11.6 Å². The van der Waals surface area contributed by atoms with Gasteiger partial charge in [-0.2, -0.15) is 5.10 Å². The van der Waals surface area contributed by atoms with E-state index in [1.165, 1.54) is 4.90 Å². The second-order valence-electron chi connectivity index (χ2n) is 8.10. The lowest BCUT2D eigenvalue weighted by Gasteiger charge is -2.16. The summed E-state index contributed by atoms with van der Waals surface area (Å²) in [5.74, 6) is 0.628. The first-order valence-electron chi connectivity index (χ1n) is 11.1. The molecule has 35 heavy (non-hydrogen) atoms. The number of pyridine rings is 1. The summed E-state index contributed by atoms with van der Waals surface area (Å²) in [4.78, 5) is 27.3. The molecular weight excluding hydrogens is 452 g/mol. The van der Waals surface area contributed by atoms with Crippen molar-refractivity contribution < 1.29 is 19.2 Å². The number of aryl methyl sites for hydroxylation is 1. The number of amides is 1. The van der Waals surface area contributed by atoms with Gasteiger partial charge >= 0.3 is 0 Å². The Hall–Kier alpha value is -4.32. The molecule has 4 aromatic heterocycles. The minimum absolute atomic E-state index is 0.101. The molecule has 12 heteroatoms. The highest BCUT2D eigenvalue weighted by molar-refractivity contribution is 5.87. The van der Waals surface area contributed by atoms with Gasteiger partial charge in [-0.05, 0) is 25.1 Å².